The first-order valence-corrected chi connectivity index (χ1v) is 12.2. The third-order valence-corrected chi connectivity index (χ3v) is 6.92. The summed E-state index contributed by atoms with van der Waals surface area (Å²) < 4.78 is 5.31. The first-order chi connectivity index (χ1) is 16.4. The SMILES string of the molecule is COc1ccc(CN2CC(CN(C(=O)c3ccccc3)C(C)C)C(c3ccc(C)cc3)C2)cc1. The Morgan fingerprint density at radius 2 is 1.65 bits per heavy atom. The molecule has 4 rings (SSSR count). The van der Waals surface area contributed by atoms with Crippen molar-refractivity contribution in [3.05, 3.63) is 101 Å². The Morgan fingerprint density at radius 3 is 2.26 bits per heavy atom. The predicted octanol–water partition coefficient (Wildman–Crippen LogP) is 5.77. The molecule has 0 bridgehead atoms. The number of ether oxygens (including phenoxy) is 1. The molecule has 1 saturated heterocycles. The molecule has 34 heavy (non-hydrogen) atoms. The summed E-state index contributed by atoms with van der Waals surface area (Å²) in [7, 11) is 1.70. The molecule has 1 heterocycles. The van der Waals surface area contributed by atoms with Gasteiger partial charge in [0, 0.05) is 43.7 Å². The highest BCUT2D eigenvalue weighted by atomic mass is 16.5. The monoisotopic (exact) mass is 456 g/mol. The fourth-order valence-electron chi connectivity index (χ4n) is 4.98. The number of carbonyl (C=O) groups is 1. The van der Waals surface area contributed by atoms with E-state index in [9.17, 15) is 4.79 Å². The standard InChI is InChI=1S/C30H36N2O2/c1-22(2)32(30(33)26-8-6-5-7-9-26)20-27-19-31(18-24-12-16-28(34-4)17-13-24)21-29(27)25-14-10-23(3)11-15-25/h5-17,22,27,29H,18-21H2,1-4H3. The maximum absolute atomic E-state index is 13.4. The largest absolute Gasteiger partial charge is 0.497 e. The molecule has 0 aromatic heterocycles. The Morgan fingerprint density at radius 1 is 0.971 bits per heavy atom. The van der Waals surface area contributed by atoms with E-state index in [1.807, 2.05) is 42.5 Å². The number of benzene rings is 3. The second kappa shape index (κ2) is 10.9. The van der Waals surface area contributed by atoms with E-state index < -0.39 is 0 Å². The van der Waals surface area contributed by atoms with Crippen LogP contribution in [-0.2, 0) is 6.54 Å². The number of hydrogen-bond acceptors (Lipinski definition) is 3. The summed E-state index contributed by atoms with van der Waals surface area (Å²) in [5, 5.41) is 0. The molecule has 4 nitrogen and oxygen atoms in total. The molecule has 1 amide bonds. The van der Waals surface area contributed by atoms with Crippen LogP contribution in [0.1, 0.15) is 46.8 Å². The van der Waals surface area contributed by atoms with Gasteiger partial charge in [0.1, 0.15) is 5.75 Å². The van der Waals surface area contributed by atoms with Gasteiger partial charge in [-0.1, -0.05) is 60.2 Å². The van der Waals surface area contributed by atoms with Crippen LogP contribution in [0.15, 0.2) is 78.9 Å². The van der Waals surface area contributed by atoms with Crippen molar-refractivity contribution in [1.82, 2.24) is 9.80 Å². The highest BCUT2D eigenvalue weighted by Gasteiger charge is 2.36. The van der Waals surface area contributed by atoms with E-state index in [1.165, 1.54) is 16.7 Å². The van der Waals surface area contributed by atoms with Gasteiger partial charge in [-0.2, -0.15) is 0 Å². The van der Waals surface area contributed by atoms with E-state index in [1.54, 1.807) is 7.11 Å². The second-order valence-corrected chi connectivity index (χ2v) is 9.74. The molecule has 4 heteroatoms. The molecule has 1 aliphatic heterocycles. The van der Waals surface area contributed by atoms with Crippen LogP contribution >= 0.6 is 0 Å². The number of nitrogens with zero attached hydrogens (tertiary/aromatic N) is 2. The van der Waals surface area contributed by atoms with Crippen molar-refractivity contribution in [2.24, 2.45) is 5.92 Å². The number of carbonyl (C=O) groups excluding carboxylic acids is 1. The van der Waals surface area contributed by atoms with Gasteiger partial charge in [-0.15, -0.1) is 0 Å². The van der Waals surface area contributed by atoms with Crippen molar-refractivity contribution in [3.63, 3.8) is 0 Å². The minimum absolute atomic E-state index is 0.117. The van der Waals surface area contributed by atoms with Crippen molar-refractivity contribution < 1.29 is 9.53 Å². The minimum Gasteiger partial charge on any atom is -0.497 e. The van der Waals surface area contributed by atoms with E-state index in [0.29, 0.717) is 11.8 Å². The molecule has 3 aromatic rings. The molecule has 2 unspecified atom stereocenters. The highest BCUT2D eigenvalue weighted by Crippen LogP contribution is 2.35. The van der Waals surface area contributed by atoms with Crippen molar-refractivity contribution in [2.75, 3.05) is 26.7 Å². The molecule has 0 spiro atoms. The van der Waals surface area contributed by atoms with Crippen molar-refractivity contribution >= 4 is 5.91 Å². The summed E-state index contributed by atoms with van der Waals surface area (Å²) in [4.78, 5) is 18.0. The fourth-order valence-corrected chi connectivity index (χ4v) is 4.98. The van der Waals surface area contributed by atoms with E-state index in [2.05, 4.69) is 67.0 Å². The number of likely N-dealkylation sites (tertiary alicyclic amines) is 1. The van der Waals surface area contributed by atoms with Crippen molar-refractivity contribution in [3.8, 4) is 5.75 Å². The van der Waals surface area contributed by atoms with Gasteiger partial charge in [0.15, 0.2) is 0 Å². The highest BCUT2D eigenvalue weighted by molar-refractivity contribution is 5.94. The Labute approximate surface area is 204 Å². The minimum atomic E-state index is 0.117. The summed E-state index contributed by atoms with van der Waals surface area (Å²) in [6, 6.07) is 27.1. The van der Waals surface area contributed by atoms with Crippen LogP contribution in [0.4, 0.5) is 0 Å². The van der Waals surface area contributed by atoms with Crippen molar-refractivity contribution in [1.29, 1.82) is 0 Å². The molecule has 2 atom stereocenters. The lowest BCUT2D eigenvalue weighted by Crippen LogP contribution is -2.42. The average Bonchev–Trinajstić information content (AvgIpc) is 3.25. The molecule has 178 valence electrons. The van der Waals surface area contributed by atoms with Gasteiger partial charge in [-0.25, -0.2) is 0 Å². The molecular formula is C30H36N2O2. The van der Waals surface area contributed by atoms with Crippen LogP contribution in [0.5, 0.6) is 5.75 Å². The molecule has 0 aliphatic carbocycles. The maximum Gasteiger partial charge on any atom is 0.254 e. The van der Waals surface area contributed by atoms with Crippen LogP contribution in [0, 0.1) is 12.8 Å². The fraction of sp³-hybridized carbons (Fsp3) is 0.367. The topological polar surface area (TPSA) is 32.8 Å². The van der Waals surface area contributed by atoms with Gasteiger partial charge in [0.25, 0.3) is 5.91 Å². The lowest BCUT2D eigenvalue weighted by atomic mass is 9.88. The molecule has 0 N–H and O–H groups in total. The van der Waals surface area contributed by atoms with E-state index in [0.717, 1.165) is 37.5 Å². The summed E-state index contributed by atoms with van der Waals surface area (Å²) in [5.74, 6) is 1.76. The first-order valence-electron chi connectivity index (χ1n) is 12.2. The number of rotatable bonds is 8. The maximum atomic E-state index is 13.4. The van der Waals surface area contributed by atoms with Crippen LogP contribution in [0.25, 0.3) is 0 Å². The molecule has 0 radical (unpaired) electrons. The van der Waals surface area contributed by atoms with Gasteiger partial charge in [-0.3, -0.25) is 9.69 Å². The van der Waals surface area contributed by atoms with Gasteiger partial charge >= 0.3 is 0 Å². The third kappa shape index (κ3) is 5.68. The molecule has 3 aromatic carbocycles. The Balaban J connectivity index is 1.56. The number of hydrogen-bond donors (Lipinski definition) is 0. The Bertz CT molecular complexity index is 1060. The van der Waals surface area contributed by atoms with E-state index in [-0.39, 0.29) is 11.9 Å². The van der Waals surface area contributed by atoms with Crippen LogP contribution in [-0.4, -0.2) is 48.5 Å². The quantitative estimate of drug-likeness (QED) is 0.431. The first kappa shape index (κ1) is 24.0. The number of aryl methyl sites for hydroxylation is 1. The molecule has 1 aliphatic rings. The average molecular weight is 457 g/mol. The smallest absolute Gasteiger partial charge is 0.254 e. The third-order valence-electron chi connectivity index (χ3n) is 6.92. The summed E-state index contributed by atoms with van der Waals surface area (Å²) in [6.45, 7) is 9.98. The zero-order chi connectivity index (χ0) is 24.1. The summed E-state index contributed by atoms with van der Waals surface area (Å²) >= 11 is 0. The number of methoxy groups -OCH3 is 1. The molecular weight excluding hydrogens is 420 g/mol. The van der Waals surface area contributed by atoms with Gasteiger partial charge < -0.3 is 9.64 Å². The van der Waals surface area contributed by atoms with Crippen molar-refractivity contribution in [2.45, 2.75) is 39.3 Å². The summed E-state index contributed by atoms with van der Waals surface area (Å²) in [6.07, 6.45) is 0. The zero-order valence-electron chi connectivity index (χ0n) is 20.8. The summed E-state index contributed by atoms with van der Waals surface area (Å²) in [5.41, 5.74) is 4.68. The number of amides is 1. The van der Waals surface area contributed by atoms with E-state index >= 15 is 0 Å². The van der Waals surface area contributed by atoms with Crippen LogP contribution in [0.2, 0.25) is 0 Å². The molecule has 1 fully saturated rings. The van der Waals surface area contributed by atoms with Crippen LogP contribution in [0.3, 0.4) is 0 Å². The zero-order valence-corrected chi connectivity index (χ0v) is 20.8. The Hall–Kier alpha value is -3.11. The van der Waals surface area contributed by atoms with Gasteiger partial charge in [0.05, 0.1) is 7.11 Å². The normalized spacial score (nSPS) is 18.3. The molecule has 0 saturated carbocycles. The van der Waals surface area contributed by atoms with Gasteiger partial charge in [-0.05, 0) is 62.1 Å². The lowest BCUT2D eigenvalue weighted by Gasteiger charge is -2.32. The lowest BCUT2D eigenvalue weighted by molar-refractivity contribution is 0.0668. The second-order valence-electron chi connectivity index (χ2n) is 9.74. The predicted molar refractivity (Wildman–Crippen MR) is 138 cm³/mol. The van der Waals surface area contributed by atoms with Gasteiger partial charge in [0.2, 0.25) is 0 Å². The van der Waals surface area contributed by atoms with E-state index in [4.69, 9.17) is 4.74 Å². The van der Waals surface area contributed by atoms with Crippen LogP contribution < -0.4 is 4.74 Å². The Kier molecular flexibility index (Phi) is 7.69.